The van der Waals surface area contributed by atoms with Crippen molar-refractivity contribution in [3.63, 3.8) is 0 Å². The standard InChI is InChI=1S/C21H17F5N4O4S/c1-9-3-11(17-12(23)5-10(22)6-13(17)24)18-14(4-9)34-27-19(18)30-8-16-21(25,26)15(28-35(2,32)33)7-29(16)20(30)31/h3-6,15-16,28H,7-8H2,1-2H3/t15-,16-/m1/s1. The molecule has 14 heteroatoms. The highest BCUT2D eigenvalue weighted by molar-refractivity contribution is 7.88. The summed E-state index contributed by atoms with van der Waals surface area (Å²) in [4.78, 5) is 14.8. The first-order valence-corrected chi connectivity index (χ1v) is 12.1. The molecule has 2 aliphatic heterocycles. The summed E-state index contributed by atoms with van der Waals surface area (Å²) in [5.74, 6) is -7.41. The van der Waals surface area contributed by atoms with Crippen LogP contribution in [0.2, 0.25) is 0 Å². The highest BCUT2D eigenvalue weighted by Crippen LogP contribution is 2.44. The van der Waals surface area contributed by atoms with Crippen LogP contribution in [0.1, 0.15) is 5.56 Å². The van der Waals surface area contributed by atoms with Gasteiger partial charge in [-0.25, -0.2) is 39.9 Å². The number of nitrogens with zero attached hydrogens (tertiary/aromatic N) is 3. The van der Waals surface area contributed by atoms with Crippen LogP contribution in [0.25, 0.3) is 22.1 Å². The summed E-state index contributed by atoms with van der Waals surface area (Å²) in [5.41, 5.74) is -0.164. The van der Waals surface area contributed by atoms with Gasteiger partial charge in [-0.15, -0.1) is 0 Å². The lowest BCUT2D eigenvalue weighted by atomic mass is 9.98. The number of alkyl halides is 2. The van der Waals surface area contributed by atoms with Crippen LogP contribution in [0.5, 0.6) is 0 Å². The largest absolute Gasteiger partial charge is 0.354 e. The summed E-state index contributed by atoms with van der Waals surface area (Å²) in [5, 5.41) is 3.79. The lowest BCUT2D eigenvalue weighted by Gasteiger charge is -2.23. The number of urea groups is 1. The minimum absolute atomic E-state index is 0.0244. The summed E-state index contributed by atoms with van der Waals surface area (Å²) in [6.07, 6.45) is 0.736. The van der Waals surface area contributed by atoms with Crippen LogP contribution in [0.15, 0.2) is 28.8 Å². The van der Waals surface area contributed by atoms with Crippen LogP contribution in [-0.4, -0.2) is 61.9 Å². The molecule has 0 aliphatic carbocycles. The maximum absolute atomic E-state index is 15.0. The van der Waals surface area contributed by atoms with Gasteiger partial charge in [0.05, 0.1) is 23.8 Å². The molecule has 2 atom stereocenters. The molecule has 0 bridgehead atoms. The lowest BCUT2D eigenvalue weighted by molar-refractivity contribution is -0.0324. The number of rotatable bonds is 4. The van der Waals surface area contributed by atoms with Crippen molar-refractivity contribution in [2.75, 3.05) is 24.2 Å². The molecule has 2 fully saturated rings. The van der Waals surface area contributed by atoms with Gasteiger partial charge in [-0.05, 0) is 18.6 Å². The van der Waals surface area contributed by atoms with E-state index < -0.39 is 70.2 Å². The molecule has 0 radical (unpaired) electrons. The summed E-state index contributed by atoms with van der Waals surface area (Å²) in [6.45, 7) is 0.428. The highest BCUT2D eigenvalue weighted by atomic mass is 32.2. The third-order valence-corrected chi connectivity index (χ3v) is 6.80. The lowest BCUT2D eigenvalue weighted by Crippen LogP contribution is -2.50. The number of hydrogen-bond acceptors (Lipinski definition) is 5. The molecule has 1 aromatic heterocycles. The zero-order valence-electron chi connectivity index (χ0n) is 18.2. The molecule has 1 N–H and O–H groups in total. The van der Waals surface area contributed by atoms with Crippen molar-refractivity contribution < 1.29 is 39.7 Å². The maximum Gasteiger partial charge on any atom is 0.326 e. The number of amides is 2. The second-order valence-corrected chi connectivity index (χ2v) is 10.4. The van der Waals surface area contributed by atoms with E-state index in [1.165, 1.54) is 12.1 Å². The Labute approximate surface area is 195 Å². The zero-order chi connectivity index (χ0) is 25.4. The number of carbonyl (C=O) groups is 1. The quantitative estimate of drug-likeness (QED) is 0.537. The van der Waals surface area contributed by atoms with E-state index in [4.69, 9.17) is 4.52 Å². The Balaban J connectivity index is 1.60. The first-order chi connectivity index (χ1) is 16.3. The third kappa shape index (κ3) is 3.71. The molecule has 2 aliphatic rings. The predicted octanol–water partition coefficient (Wildman–Crippen LogP) is 3.40. The Hall–Kier alpha value is -3.26. The van der Waals surface area contributed by atoms with Gasteiger partial charge in [0.1, 0.15) is 29.5 Å². The number of nitrogens with one attached hydrogen (secondary N) is 1. The number of aryl methyl sites for hydroxylation is 1. The molecule has 2 aromatic carbocycles. The van der Waals surface area contributed by atoms with Gasteiger partial charge in [0.2, 0.25) is 10.0 Å². The second-order valence-electron chi connectivity index (χ2n) is 8.61. The molecule has 8 nitrogen and oxygen atoms in total. The molecule has 0 unspecified atom stereocenters. The van der Waals surface area contributed by atoms with Crippen molar-refractivity contribution in [1.29, 1.82) is 0 Å². The van der Waals surface area contributed by atoms with Gasteiger partial charge in [-0.3, -0.25) is 4.90 Å². The van der Waals surface area contributed by atoms with Crippen molar-refractivity contribution in [2.24, 2.45) is 0 Å². The van der Waals surface area contributed by atoms with Crippen LogP contribution in [-0.2, 0) is 10.0 Å². The Morgan fingerprint density at radius 1 is 1.11 bits per heavy atom. The number of carbonyl (C=O) groups excluding carboxylic acids is 1. The van der Waals surface area contributed by atoms with Crippen molar-refractivity contribution in [3.8, 4) is 11.1 Å². The fourth-order valence-electron chi connectivity index (χ4n) is 4.65. The topological polar surface area (TPSA) is 95.8 Å². The summed E-state index contributed by atoms with van der Waals surface area (Å²) >= 11 is 0. The second kappa shape index (κ2) is 7.62. The Kier molecular flexibility index (Phi) is 5.11. The van der Waals surface area contributed by atoms with E-state index in [9.17, 15) is 26.4 Å². The van der Waals surface area contributed by atoms with Crippen molar-refractivity contribution in [2.45, 2.75) is 24.9 Å². The Morgan fingerprint density at radius 2 is 1.77 bits per heavy atom. The van der Waals surface area contributed by atoms with E-state index >= 15 is 8.78 Å². The number of anilines is 1. The summed E-state index contributed by atoms with van der Waals surface area (Å²) < 4.78 is 103. The number of benzene rings is 2. The van der Waals surface area contributed by atoms with E-state index in [-0.39, 0.29) is 22.4 Å². The van der Waals surface area contributed by atoms with Crippen LogP contribution in [0, 0.1) is 24.4 Å². The fourth-order valence-corrected chi connectivity index (χ4v) is 5.40. The molecular formula is C21H17F5N4O4S. The van der Waals surface area contributed by atoms with Crippen LogP contribution in [0.3, 0.4) is 0 Å². The molecular weight excluding hydrogens is 499 g/mol. The summed E-state index contributed by atoms with van der Waals surface area (Å²) in [7, 11) is -3.97. The molecule has 3 aromatic rings. The molecule has 0 saturated carbocycles. The van der Waals surface area contributed by atoms with Crippen molar-refractivity contribution >= 4 is 32.8 Å². The van der Waals surface area contributed by atoms with Crippen molar-refractivity contribution in [1.82, 2.24) is 14.8 Å². The monoisotopic (exact) mass is 516 g/mol. The van der Waals surface area contributed by atoms with Gasteiger partial charge in [0.25, 0.3) is 5.92 Å². The van der Waals surface area contributed by atoms with Crippen LogP contribution in [0.4, 0.5) is 32.6 Å². The van der Waals surface area contributed by atoms with Crippen LogP contribution >= 0.6 is 0 Å². The minimum atomic E-state index is -3.97. The molecule has 186 valence electrons. The smallest absolute Gasteiger partial charge is 0.326 e. The maximum atomic E-state index is 15.0. The van der Waals surface area contributed by atoms with Gasteiger partial charge >= 0.3 is 6.03 Å². The number of aromatic nitrogens is 1. The van der Waals surface area contributed by atoms with E-state index in [0.29, 0.717) is 17.7 Å². The third-order valence-electron chi connectivity index (χ3n) is 6.09. The number of halogens is 5. The molecule has 2 saturated heterocycles. The van der Waals surface area contributed by atoms with Gasteiger partial charge < -0.3 is 9.42 Å². The van der Waals surface area contributed by atoms with Gasteiger partial charge in [0.15, 0.2) is 11.4 Å². The van der Waals surface area contributed by atoms with E-state index in [1.54, 1.807) is 6.92 Å². The van der Waals surface area contributed by atoms with E-state index in [1.807, 2.05) is 4.72 Å². The first-order valence-electron chi connectivity index (χ1n) is 10.3. The van der Waals surface area contributed by atoms with E-state index in [2.05, 4.69) is 5.16 Å². The average Bonchev–Trinajstić information content (AvgIpc) is 3.33. The zero-order valence-corrected chi connectivity index (χ0v) is 19.0. The Bertz CT molecular complexity index is 1470. The SMILES string of the molecule is Cc1cc(-c2c(F)cc(F)cc2F)c2c(N3C[C@H]4N(C[C@@H](NS(C)(=O)=O)C4(F)F)C3=O)noc2c1. The van der Waals surface area contributed by atoms with Gasteiger partial charge in [0, 0.05) is 24.2 Å². The van der Waals surface area contributed by atoms with Crippen molar-refractivity contribution in [3.05, 3.63) is 47.3 Å². The number of fused-ring (bicyclic) bond motifs is 2. The number of sulfonamides is 1. The minimum Gasteiger partial charge on any atom is -0.354 e. The average molecular weight is 516 g/mol. The summed E-state index contributed by atoms with van der Waals surface area (Å²) in [6, 6.07) is -0.563. The molecule has 2 amide bonds. The van der Waals surface area contributed by atoms with E-state index in [0.717, 1.165) is 16.1 Å². The molecule has 3 heterocycles. The molecule has 5 rings (SSSR count). The fraction of sp³-hybridized carbons (Fsp3) is 0.333. The van der Waals surface area contributed by atoms with Gasteiger partial charge in [-0.1, -0.05) is 11.2 Å². The van der Waals surface area contributed by atoms with Crippen LogP contribution < -0.4 is 9.62 Å². The molecule has 35 heavy (non-hydrogen) atoms. The normalized spacial score (nSPS) is 21.9. The molecule has 0 spiro atoms. The Morgan fingerprint density at radius 3 is 2.37 bits per heavy atom. The first kappa shape index (κ1) is 23.5. The highest BCUT2D eigenvalue weighted by Gasteiger charge is 2.63. The predicted molar refractivity (Wildman–Crippen MR) is 114 cm³/mol. The number of hydrogen-bond donors (Lipinski definition) is 1. The van der Waals surface area contributed by atoms with Gasteiger partial charge in [-0.2, -0.15) is 0 Å².